The Labute approximate surface area is 60.7 Å². The molecule has 0 aliphatic carbocycles. The van der Waals surface area contributed by atoms with Gasteiger partial charge in [0.15, 0.2) is 5.79 Å². The van der Waals surface area contributed by atoms with Crippen LogP contribution in [0.25, 0.3) is 0 Å². The van der Waals surface area contributed by atoms with Crippen LogP contribution in [-0.4, -0.2) is 31.1 Å². The van der Waals surface area contributed by atoms with E-state index in [1.54, 1.807) is 0 Å². The molecule has 0 saturated carbocycles. The molecule has 2 rings (SSSR count). The van der Waals surface area contributed by atoms with Gasteiger partial charge < -0.3 is 14.8 Å². The normalized spacial score (nSPS) is 43.8. The lowest BCUT2D eigenvalue weighted by atomic mass is 10.3. The van der Waals surface area contributed by atoms with E-state index < -0.39 is 0 Å². The van der Waals surface area contributed by atoms with Crippen LogP contribution in [0.1, 0.15) is 13.8 Å². The number of nitrogens with one attached hydrogen (secondary N) is 1. The molecule has 0 unspecified atom stereocenters. The van der Waals surface area contributed by atoms with E-state index in [0.717, 1.165) is 13.1 Å². The van der Waals surface area contributed by atoms with Gasteiger partial charge >= 0.3 is 0 Å². The van der Waals surface area contributed by atoms with E-state index >= 15 is 0 Å². The topological polar surface area (TPSA) is 30.5 Å². The molecule has 2 heterocycles. The van der Waals surface area contributed by atoms with Gasteiger partial charge in [-0.2, -0.15) is 0 Å². The minimum Gasteiger partial charge on any atom is -0.343 e. The van der Waals surface area contributed by atoms with Crippen molar-refractivity contribution in [2.24, 2.45) is 0 Å². The highest BCUT2D eigenvalue weighted by molar-refractivity contribution is 4.89. The van der Waals surface area contributed by atoms with Crippen LogP contribution in [0.15, 0.2) is 0 Å². The molecule has 2 atom stereocenters. The van der Waals surface area contributed by atoms with Crippen molar-refractivity contribution in [1.29, 1.82) is 0 Å². The molecule has 10 heavy (non-hydrogen) atoms. The van der Waals surface area contributed by atoms with Crippen molar-refractivity contribution in [1.82, 2.24) is 5.32 Å². The van der Waals surface area contributed by atoms with E-state index in [4.69, 9.17) is 9.47 Å². The lowest BCUT2D eigenvalue weighted by Crippen LogP contribution is -2.26. The fraction of sp³-hybridized carbons (Fsp3) is 1.00. The van der Waals surface area contributed by atoms with Crippen molar-refractivity contribution in [2.45, 2.75) is 31.8 Å². The Morgan fingerprint density at radius 3 is 2.20 bits per heavy atom. The van der Waals surface area contributed by atoms with Gasteiger partial charge in [0.1, 0.15) is 12.2 Å². The monoisotopic (exact) mass is 143 g/mol. The fourth-order valence-electron chi connectivity index (χ4n) is 1.62. The molecule has 2 aliphatic heterocycles. The summed E-state index contributed by atoms with van der Waals surface area (Å²) >= 11 is 0. The van der Waals surface area contributed by atoms with E-state index in [1.807, 2.05) is 13.8 Å². The van der Waals surface area contributed by atoms with Crippen molar-refractivity contribution >= 4 is 0 Å². The Hall–Kier alpha value is -0.120. The summed E-state index contributed by atoms with van der Waals surface area (Å²) in [7, 11) is 0. The predicted molar refractivity (Wildman–Crippen MR) is 36.7 cm³/mol. The molecule has 0 spiro atoms. The molecule has 0 aromatic carbocycles. The van der Waals surface area contributed by atoms with Gasteiger partial charge in [-0.1, -0.05) is 0 Å². The zero-order valence-electron chi connectivity index (χ0n) is 6.39. The van der Waals surface area contributed by atoms with E-state index in [-0.39, 0.29) is 18.0 Å². The maximum Gasteiger partial charge on any atom is 0.163 e. The first-order valence-corrected chi connectivity index (χ1v) is 3.74. The van der Waals surface area contributed by atoms with Crippen molar-refractivity contribution in [3.8, 4) is 0 Å². The molecule has 58 valence electrons. The van der Waals surface area contributed by atoms with E-state index in [0.29, 0.717) is 0 Å². The third-order valence-electron chi connectivity index (χ3n) is 1.98. The molecular weight excluding hydrogens is 130 g/mol. The Morgan fingerprint density at radius 1 is 1.20 bits per heavy atom. The average Bonchev–Trinajstić information content (AvgIpc) is 2.20. The van der Waals surface area contributed by atoms with Gasteiger partial charge in [0.2, 0.25) is 0 Å². The van der Waals surface area contributed by atoms with Gasteiger partial charge in [-0.05, 0) is 13.8 Å². The first-order valence-electron chi connectivity index (χ1n) is 3.74. The summed E-state index contributed by atoms with van der Waals surface area (Å²) in [5.41, 5.74) is 0. The van der Waals surface area contributed by atoms with Crippen molar-refractivity contribution in [3.63, 3.8) is 0 Å². The number of hydrogen-bond acceptors (Lipinski definition) is 3. The van der Waals surface area contributed by atoms with Crippen LogP contribution in [0.3, 0.4) is 0 Å². The standard InChI is InChI=1S/C7H13NO2/c1-7(2)9-5-3-8-4-6(5)10-7/h5-6,8H,3-4H2,1-2H3/t5-,6+. The van der Waals surface area contributed by atoms with Crippen LogP contribution in [0.2, 0.25) is 0 Å². The van der Waals surface area contributed by atoms with Gasteiger partial charge in [0.25, 0.3) is 0 Å². The molecular formula is C7H13NO2. The third kappa shape index (κ3) is 0.944. The Morgan fingerprint density at radius 2 is 1.70 bits per heavy atom. The zero-order chi connectivity index (χ0) is 7.19. The van der Waals surface area contributed by atoms with Crippen molar-refractivity contribution in [3.05, 3.63) is 0 Å². The summed E-state index contributed by atoms with van der Waals surface area (Å²) < 4.78 is 11.2. The minimum atomic E-state index is -0.350. The van der Waals surface area contributed by atoms with Crippen molar-refractivity contribution < 1.29 is 9.47 Å². The predicted octanol–water partition coefficient (Wildman–Crippen LogP) is 0.110. The first-order chi connectivity index (χ1) is 4.67. The molecule has 3 nitrogen and oxygen atoms in total. The lowest BCUT2D eigenvalue weighted by molar-refractivity contribution is -0.149. The van der Waals surface area contributed by atoms with Crippen LogP contribution in [0.4, 0.5) is 0 Å². The Bertz CT molecular complexity index is 133. The highest BCUT2D eigenvalue weighted by atomic mass is 16.8. The van der Waals surface area contributed by atoms with E-state index in [2.05, 4.69) is 5.32 Å². The Kier molecular flexibility index (Phi) is 1.27. The maximum absolute atomic E-state index is 5.59. The molecule has 2 aliphatic rings. The molecule has 0 aromatic rings. The number of fused-ring (bicyclic) bond motifs is 1. The third-order valence-corrected chi connectivity index (χ3v) is 1.98. The molecule has 0 bridgehead atoms. The highest BCUT2D eigenvalue weighted by Gasteiger charge is 2.43. The van der Waals surface area contributed by atoms with Crippen molar-refractivity contribution in [2.75, 3.05) is 13.1 Å². The number of ether oxygens (including phenoxy) is 2. The molecule has 0 aromatic heterocycles. The summed E-state index contributed by atoms with van der Waals surface area (Å²) in [6.07, 6.45) is 0.574. The summed E-state index contributed by atoms with van der Waals surface area (Å²) in [6, 6.07) is 0. The number of hydrogen-bond donors (Lipinski definition) is 1. The summed E-state index contributed by atoms with van der Waals surface area (Å²) in [5, 5.41) is 3.21. The van der Waals surface area contributed by atoms with Gasteiger partial charge in [-0.25, -0.2) is 0 Å². The van der Waals surface area contributed by atoms with E-state index in [1.165, 1.54) is 0 Å². The lowest BCUT2D eigenvalue weighted by Gasteiger charge is -2.17. The maximum atomic E-state index is 5.59. The van der Waals surface area contributed by atoms with Gasteiger partial charge in [-0.15, -0.1) is 0 Å². The quantitative estimate of drug-likeness (QED) is 0.522. The average molecular weight is 143 g/mol. The molecule has 2 saturated heterocycles. The Balaban J connectivity index is 2.07. The van der Waals surface area contributed by atoms with Crippen LogP contribution in [0.5, 0.6) is 0 Å². The fourth-order valence-corrected chi connectivity index (χ4v) is 1.62. The SMILES string of the molecule is CC1(C)O[C@H]2CNC[C@H]2O1. The smallest absolute Gasteiger partial charge is 0.163 e. The van der Waals surface area contributed by atoms with Crippen LogP contribution < -0.4 is 5.32 Å². The van der Waals surface area contributed by atoms with Crippen LogP contribution >= 0.6 is 0 Å². The summed E-state index contributed by atoms with van der Waals surface area (Å²) in [4.78, 5) is 0. The zero-order valence-corrected chi connectivity index (χ0v) is 6.39. The highest BCUT2D eigenvalue weighted by Crippen LogP contribution is 2.29. The second kappa shape index (κ2) is 1.94. The van der Waals surface area contributed by atoms with Gasteiger partial charge in [0, 0.05) is 13.1 Å². The van der Waals surface area contributed by atoms with Gasteiger partial charge in [-0.3, -0.25) is 0 Å². The van der Waals surface area contributed by atoms with Crippen LogP contribution in [-0.2, 0) is 9.47 Å². The van der Waals surface area contributed by atoms with E-state index in [9.17, 15) is 0 Å². The molecule has 0 radical (unpaired) electrons. The minimum absolute atomic E-state index is 0.287. The number of rotatable bonds is 0. The molecule has 3 heteroatoms. The molecule has 2 fully saturated rings. The second-order valence-electron chi connectivity index (χ2n) is 3.37. The second-order valence-corrected chi connectivity index (χ2v) is 3.37. The molecule has 0 amide bonds. The first kappa shape index (κ1) is 6.58. The summed E-state index contributed by atoms with van der Waals surface area (Å²) in [5.74, 6) is -0.350. The van der Waals surface area contributed by atoms with Crippen LogP contribution in [0, 0.1) is 0 Å². The molecule has 1 N–H and O–H groups in total. The largest absolute Gasteiger partial charge is 0.343 e. The summed E-state index contributed by atoms with van der Waals surface area (Å²) in [6.45, 7) is 5.80. The van der Waals surface area contributed by atoms with Gasteiger partial charge in [0.05, 0.1) is 0 Å².